The van der Waals surface area contributed by atoms with E-state index in [4.69, 9.17) is 20.4 Å². The summed E-state index contributed by atoms with van der Waals surface area (Å²) in [6.45, 7) is 3.81. The van der Waals surface area contributed by atoms with E-state index in [1.165, 1.54) is 12.1 Å². The van der Waals surface area contributed by atoms with E-state index in [-0.39, 0.29) is 17.8 Å². The van der Waals surface area contributed by atoms with Crippen LogP contribution >= 0.6 is 0 Å². The van der Waals surface area contributed by atoms with Gasteiger partial charge < -0.3 is 20.3 Å². The smallest absolute Gasteiger partial charge is 0.219 e. The third-order valence-electron chi connectivity index (χ3n) is 6.38. The van der Waals surface area contributed by atoms with Crippen molar-refractivity contribution in [3.8, 4) is 17.1 Å². The van der Waals surface area contributed by atoms with Crippen molar-refractivity contribution in [3.63, 3.8) is 0 Å². The lowest BCUT2D eigenvalue weighted by Gasteiger charge is -2.35. The largest absolute Gasteiger partial charge is 0.487 e. The number of rotatable bonds is 4. The summed E-state index contributed by atoms with van der Waals surface area (Å²) in [6, 6.07) is 8.71. The second-order valence-electron chi connectivity index (χ2n) is 8.81. The third kappa shape index (κ3) is 4.87. The molecule has 2 aromatic heterocycles. The van der Waals surface area contributed by atoms with Gasteiger partial charge in [-0.15, -0.1) is 0 Å². The Kier molecular flexibility index (Phi) is 6.19. The topological polar surface area (TPSA) is 97.5 Å². The first-order valence-electron chi connectivity index (χ1n) is 11.6. The number of nitrogens with two attached hydrogens (primary N) is 1. The first kappa shape index (κ1) is 22.9. The van der Waals surface area contributed by atoms with Crippen LogP contribution in [0.5, 0.6) is 5.75 Å². The summed E-state index contributed by atoms with van der Waals surface area (Å²) < 4.78 is 33.0. The molecule has 182 valence electrons. The normalized spacial score (nSPS) is 16.2. The molecule has 4 heterocycles. The summed E-state index contributed by atoms with van der Waals surface area (Å²) >= 11 is 0. The van der Waals surface area contributed by atoms with Crippen molar-refractivity contribution in [3.05, 3.63) is 59.4 Å². The number of nitrogens with zero attached hydrogens (tertiary/aromatic N) is 5. The number of pyridine rings is 1. The Morgan fingerprint density at radius 2 is 1.86 bits per heavy atom. The van der Waals surface area contributed by atoms with Crippen LogP contribution < -0.4 is 15.4 Å². The zero-order valence-electron chi connectivity index (χ0n) is 19.4. The van der Waals surface area contributed by atoms with Gasteiger partial charge in [-0.05, 0) is 24.3 Å². The molecule has 10 heteroatoms. The number of piperidine rings is 1. The lowest BCUT2D eigenvalue weighted by Crippen LogP contribution is -2.40. The second kappa shape index (κ2) is 9.44. The highest BCUT2D eigenvalue weighted by atomic mass is 19.1. The van der Waals surface area contributed by atoms with E-state index in [0.29, 0.717) is 68.5 Å². The van der Waals surface area contributed by atoms with Crippen LogP contribution in [0.15, 0.2) is 36.4 Å². The Labute approximate surface area is 201 Å². The lowest BCUT2D eigenvalue weighted by molar-refractivity contribution is -0.129. The third-order valence-corrected chi connectivity index (χ3v) is 6.38. The highest BCUT2D eigenvalue weighted by molar-refractivity contribution is 5.74. The van der Waals surface area contributed by atoms with E-state index in [9.17, 15) is 13.6 Å². The van der Waals surface area contributed by atoms with E-state index in [2.05, 4.69) is 9.88 Å². The predicted molar refractivity (Wildman–Crippen MR) is 127 cm³/mol. The maximum atomic E-state index is 14.0. The molecule has 35 heavy (non-hydrogen) atoms. The number of hydrogen-bond donors (Lipinski definition) is 1. The van der Waals surface area contributed by atoms with Crippen molar-refractivity contribution < 1.29 is 18.3 Å². The van der Waals surface area contributed by atoms with Crippen LogP contribution in [0.1, 0.15) is 31.2 Å². The molecule has 2 aliphatic rings. The van der Waals surface area contributed by atoms with Crippen LogP contribution in [0.2, 0.25) is 0 Å². The number of anilines is 2. The van der Waals surface area contributed by atoms with E-state index >= 15 is 0 Å². The quantitative estimate of drug-likeness (QED) is 0.612. The number of aromatic nitrogens is 3. The average Bonchev–Trinajstić information content (AvgIpc) is 2.85. The number of hydrogen-bond acceptors (Lipinski definition) is 7. The number of fused-ring (bicyclic) bond motifs is 1. The molecule has 1 fully saturated rings. The first-order chi connectivity index (χ1) is 16.9. The van der Waals surface area contributed by atoms with Gasteiger partial charge in [0.2, 0.25) is 5.91 Å². The second-order valence-corrected chi connectivity index (χ2v) is 8.81. The molecule has 3 aromatic rings. The molecule has 0 spiro atoms. The molecule has 0 unspecified atom stereocenters. The van der Waals surface area contributed by atoms with Gasteiger partial charge in [-0.25, -0.2) is 23.7 Å². The number of amides is 1. The van der Waals surface area contributed by atoms with Crippen LogP contribution in [-0.2, 0) is 17.8 Å². The van der Waals surface area contributed by atoms with Gasteiger partial charge in [0.15, 0.2) is 17.4 Å². The van der Waals surface area contributed by atoms with Crippen molar-refractivity contribution in [2.45, 2.75) is 38.8 Å². The maximum absolute atomic E-state index is 14.0. The molecular weight excluding hydrogens is 454 g/mol. The van der Waals surface area contributed by atoms with E-state index in [1.807, 2.05) is 12.1 Å². The molecule has 1 aromatic carbocycles. The lowest BCUT2D eigenvalue weighted by atomic mass is 10.1. The highest BCUT2D eigenvalue weighted by Gasteiger charge is 2.29. The minimum Gasteiger partial charge on any atom is -0.487 e. The summed E-state index contributed by atoms with van der Waals surface area (Å²) in [5.74, 6) is -0.188. The summed E-state index contributed by atoms with van der Waals surface area (Å²) in [4.78, 5) is 30.1. The van der Waals surface area contributed by atoms with Crippen molar-refractivity contribution in [2.24, 2.45) is 0 Å². The molecule has 2 aliphatic heterocycles. The number of nitrogen functional groups attached to an aromatic ring is 1. The van der Waals surface area contributed by atoms with Gasteiger partial charge >= 0.3 is 0 Å². The molecule has 0 radical (unpaired) electrons. The zero-order valence-corrected chi connectivity index (χ0v) is 19.4. The molecule has 5 rings (SSSR count). The molecule has 2 N–H and O–H groups in total. The van der Waals surface area contributed by atoms with Crippen LogP contribution in [0, 0.1) is 11.6 Å². The van der Waals surface area contributed by atoms with Crippen LogP contribution in [0.25, 0.3) is 11.4 Å². The summed E-state index contributed by atoms with van der Waals surface area (Å²) in [6.07, 6.45) is 1.70. The minimum atomic E-state index is -0.706. The molecular formula is C25H26F2N6O2. The Balaban J connectivity index is 1.40. The number of carbonyl (C=O) groups is 1. The SMILES string of the molecule is CC(=O)N1CCc2nc(N3CCC(Oc4ccc(F)cc4F)CC3)c(-c3cccc(N)n3)nc2C1. The first-order valence-corrected chi connectivity index (χ1v) is 11.6. The van der Waals surface area contributed by atoms with Crippen molar-refractivity contribution in [1.29, 1.82) is 0 Å². The van der Waals surface area contributed by atoms with Crippen LogP contribution in [-0.4, -0.2) is 51.5 Å². The van der Waals surface area contributed by atoms with Gasteiger partial charge in [0.25, 0.3) is 0 Å². The van der Waals surface area contributed by atoms with Crippen LogP contribution in [0.3, 0.4) is 0 Å². The van der Waals surface area contributed by atoms with Gasteiger partial charge in [-0.1, -0.05) is 6.07 Å². The van der Waals surface area contributed by atoms with Gasteiger partial charge in [0.1, 0.15) is 23.4 Å². The molecule has 1 amide bonds. The van der Waals surface area contributed by atoms with Gasteiger partial charge in [0.05, 0.1) is 23.6 Å². The van der Waals surface area contributed by atoms with Gasteiger partial charge in [-0.2, -0.15) is 0 Å². The Morgan fingerprint density at radius 1 is 1.06 bits per heavy atom. The standard InChI is InChI=1S/C25H26F2N6O2/c1-15(34)33-12-9-19-21(14-33)30-24(20-3-2-4-23(28)29-20)25(31-19)32-10-7-17(8-11-32)35-22-6-5-16(26)13-18(22)27/h2-6,13,17H,7-12,14H2,1H3,(H2,28,29). The number of halogens is 2. The fourth-order valence-electron chi connectivity index (χ4n) is 4.50. The summed E-state index contributed by atoms with van der Waals surface area (Å²) in [5.41, 5.74) is 8.81. The molecule has 0 aliphatic carbocycles. The molecule has 0 atom stereocenters. The summed E-state index contributed by atoms with van der Waals surface area (Å²) in [5, 5.41) is 0. The van der Waals surface area contributed by atoms with E-state index in [0.717, 1.165) is 17.5 Å². The Morgan fingerprint density at radius 3 is 2.57 bits per heavy atom. The number of benzene rings is 1. The van der Waals surface area contributed by atoms with Crippen molar-refractivity contribution in [1.82, 2.24) is 19.9 Å². The average molecular weight is 481 g/mol. The monoisotopic (exact) mass is 480 g/mol. The van der Waals surface area contributed by atoms with Gasteiger partial charge in [0, 0.05) is 51.9 Å². The molecule has 8 nitrogen and oxygen atoms in total. The van der Waals surface area contributed by atoms with Crippen LogP contribution in [0.4, 0.5) is 20.4 Å². The maximum Gasteiger partial charge on any atom is 0.219 e. The Hall–Kier alpha value is -3.82. The van der Waals surface area contributed by atoms with Crippen molar-refractivity contribution in [2.75, 3.05) is 30.3 Å². The van der Waals surface area contributed by atoms with E-state index in [1.54, 1.807) is 17.9 Å². The van der Waals surface area contributed by atoms with Gasteiger partial charge in [-0.3, -0.25) is 4.79 Å². The minimum absolute atomic E-state index is 0.00446. The fourth-order valence-corrected chi connectivity index (χ4v) is 4.50. The zero-order chi connectivity index (χ0) is 24.5. The number of ether oxygens (including phenoxy) is 1. The number of carbonyl (C=O) groups excluding carboxylic acids is 1. The highest BCUT2D eigenvalue weighted by Crippen LogP contribution is 2.32. The van der Waals surface area contributed by atoms with E-state index < -0.39 is 11.6 Å². The summed E-state index contributed by atoms with van der Waals surface area (Å²) in [7, 11) is 0. The molecule has 1 saturated heterocycles. The molecule has 0 bridgehead atoms. The molecule has 0 saturated carbocycles. The predicted octanol–water partition coefficient (Wildman–Crippen LogP) is 3.35. The Bertz CT molecular complexity index is 1260. The van der Waals surface area contributed by atoms with Crippen molar-refractivity contribution >= 4 is 17.5 Å². The fraction of sp³-hybridized carbons (Fsp3) is 0.360.